The zero-order valence-corrected chi connectivity index (χ0v) is 5.23. The first kappa shape index (κ1) is 7.05. The molecular formula is C5H7BN2O2. The van der Waals surface area contributed by atoms with Crippen molar-refractivity contribution >= 4 is 18.4 Å². The van der Waals surface area contributed by atoms with Gasteiger partial charge in [-0.25, -0.2) is 0 Å². The molecule has 0 aliphatic rings. The van der Waals surface area contributed by atoms with Gasteiger partial charge in [0.2, 0.25) is 0 Å². The monoisotopic (exact) mass is 138 g/mol. The Labute approximate surface area is 58.5 Å². The van der Waals surface area contributed by atoms with Crippen LogP contribution in [-0.4, -0.2) is 22.2 Å². The minimum Gasteiger partial charge on any atom is -0.422 e. The number of hydrogen-bond donors (Lipinski definition) is 3. The molecule has 0 bridgehead atoms. The average Bonchev–Trinajstić information content (AvgIpc) is 1.88. The first-order valence-electron chi connectivity index (χ1n) is 2.77. The van der Waals surface area contributed by atoms with E-state index < -0.39 is 7.12 Å². The van der Waals surface area contributed by atoms with Gasteiger partial charge in [-0.15, -0.1) is 0 Å². The Kier molecular flexibility index (Phi) is 1.89. The van der Waals surface area contributed by atoms with Crippen LogP contribution < -0.4 is 11.3 Å². The maximum atomic E-state index is 8.57. The molecule has 10 heavy (non-hydrogen) atoms. The molecule has 5 heteroatoms. The van der Waals surface area contributed by atoms with E-state index in [0.717, 1.165) is 0 Å². The normalized spacial score (nSPS) is 9.40. The van der Waals surface area contributed by atoms with Crippen molar-refractivity contribution in [3.8, 4) is 0 Å². The number of nitrogens with two attached hydrogens (primary N) is 1. The smallest absolute Gasteiger partial charge is 0.422 e. The zero-order valence-electron chi connectivity index (χ0n) is 5.23. The molecule has 0 atom stereocenters. The van der Waals surface area contributed by atoms with Crippen LogP contribution in [0.1, 0.15) is 0 Å². The van der Waals surface area contributed by atoms with Crippen molar-refractivity contribution in [1.29, 1.82) is 0 Å². The van der Waals surface area contributed by atoms with Gasteiger partial charge in [0, 0.05) is 11.9 Å². The fourth-order valence-electron chi connectivity index (χ4n) is 0.569. The minimum atomic E-state index is -1.51. The Bertz CT molecular complexity index is 211. The molecule has 0 unspecified atom stereocenters. The molecule has 0 aliphatic heterocycles. The molecule has 1 aromatic heterocycles. The molecule has 0 aliphatic carbocycles. The molecule has 0 saturated carbocycles. The first-order chi connectivity index (χ1) is 4.70. The highest BCUT2D eigenvalue weighted by Crippen LogP contribution is 1.92. The minimum absolute atomic E-state index is 0.203. The van der Waals surface area contributed by atoms with Crippen LogP contribution in [0, 0.1) is 0 Å². The van der Waals surface area contributed by atoms with Crippen molar-refractivity contribution in [2.45, 2.75) is 0 Å². The van der Waals surface area contributed by atoms with Crippen LogP contribution in [0.25, 0.3) is 0 Å². The second kappa shape index (κ2) is 2.68. The number of pyridine rings is 1. The molecule has 0 saturated heterocycles. The van der Waals surface area contributed by atoms with Crippen LogP contribution in [0.2, 0.25) is 0 Å². The summed E-state index contributed by atoms with van der Waals surface area (Å²) >= 11 is 0. The lowest BCUT2D eigenvalue weighted by atomic mass is 9.86. The summed E-state index contributed by atoms with van der Waals surface area (Å²) in [6.07, 6.45) is 1.37. The van der Waals surface area contributed by atoms with Gasteiger partial charge in [0.15, 0.2) is 0 Å². The van der Waals surface area contributed by atoms with Gasteiger partial charge in [-0.1, -0.05) is 0 Å². The molecule has 1 aromatic rings. The maximum Gasteiger partial charge on any atom is 0.508 e. The Hall–Kier alpha value is -1.07. The quantitative estimate of drug-likeness (QED) is 0.406. The standard InChI is InChI=1S/C5H7BN2O2/c7-4-1-2-5(6(9)10)8-3-4/h1-3,9-10H,7H2. The number of hydrogen-bond acceptors (Lipinski definition) is 4. The molecule has 0 spiro atoms. The lowest BCUT2D eigenvalue weighted by Gasteiger charge is -1.96. The van der Waals surface area contributed by atoms with Gasteiger partial charge in [0.25, 0.3) is 0 Å². The summed E-state index contributed by atoms with van der Waals surface area (Å²) in [6.45, 7) is 0. The van der Waals surface area contributed by atoms with E-state index in [9.17, 15) is 0 Å². The molecule has 0 radical (unpaired) electrons. The summed E-state index contributed by atoms with van der Waals surface area (Å²) in [5.41, 5.74) is 6.01. The van der Waals surface area contributed by atoms with Crippen LogP contribution >= 0.6 is 0 Å². The van der Waals surface area contributed by atoms with Crippen LogP contribution in [0.15, 0.2) is 18.3 Å². The Morgan fingerprint density at radius 3 is 2.50 bits per heavy atom. The lowest BCUT2D eigenvalue weighted by Crippen LogP contribution is -2.32. The number of aromatic nitrogens is 1. The van der Waals surface area contributed by atoms with Crippen LogP contribution in [0.4, 0.5) is 5.69 Å². The Morgan fingerprint density at radius 2 is 2.10 bits per heavy atom. The molecule has 4 nitrogen and oxygen atoms in total. The van der Waals surface area contributed by atoms with Gasteiger partial charge in [-0.2, -0.15) is 0 Å². The topological polar surface area (TPSA) is 79.4 Å². The van der Waals surface area contributed by atoms with E-state index >= 15 is 0 Å². The third kappa shape index (κ3) is 1.46. The highest BCUT2D eigenvalue weighted by Gasteiger charge is 2.10. The molecule has 4 N–H and O–H groups in total. The van der Waals surface area contributed by atoms with Crippen LogP contribution in [-0.2, 0) is 0 Å². The van der Waals surface area contributed by atoms with Gasteiger partial charge >= 0.3 is 7.12 Å². The number of rotatable bonds is 1. The SMILES string of the molecule is Nc1ccc(B(O)O)nc1. The summed E-state index contributed by atoms with van der Waals surface area (Å²) in [5.74, 6) is 0. The van der Waals surface area contributed by atoms with Gasteiger partial charge in [0.1, 0.15) is 0 Å². The molecule has 0 amide bonds. The van der Waals surface area contributed by atoms with Gasteiger partial charge in [0.05, 0.1) is 5.59 Å². The summed E-state index contributed by atoms with van der Waals surface area (Å²) in [6, 6.07) is 3.02. The molecular weight excluding hydrogens is 131 g/mol. The predicted molar refractivity (Wildman–Crippen MR) is 38.5 cm³/mol. The third-order valence-electron chi connectivity index (χ3n) is 1.07. The average molecular weight is 138 g/mol. The summed E-state index contributed by atoms with van der Waals surface area (Å²) in [4.78, 5) is 3.65. The van der Waals surface area contributed by atoms with Crippen molar-refractivity contribution in [3.63, 3.8) is 0 Å². The van der Waals surface area contributed by atoms with E-state index in [0.29, 0.717) is 5.69 Å². The zero-order chi connectivity index (χ0) is 7.56. The van der Waals surface area contributed by atoms with Crippen molar-refractivity contribution < 1.29 is 10.0 Å². The van der Waals surface area contributed by atoms with Crippen molar-refractivity contribution in [3.05, 3.63) is 18.3 Å². The number of nitrogens with zero attached hydrogens (tertiary/aromatic N) is 1. The van der Waals surface area contributed by atoms with E-state index in [-0.39, 0.29) is 5.59 Å². The van der Waals surface area contributed by atoms with E-state index in [1.165, 1.54) is 12.3 Å². The fraction of sp³-hybridized carbons (Fsp3) is 0. The number of anilines is 1. The molecule has 1 rings (SSSR count). The van der Waals surface area contributed by atoms with E-state index in [1.807, 2.05) is 0 Å². The fourth-order valence-corrected chi connectivity index (χ4v) is 0.569. The van der Waals surface area contributed by atoms with Gasteiger partial charge in [-0.3, -0.25) is 4.98 Å². The lowest BCUT2D eigenvalue weighted by molar-refractivity contribution is 0.424. The Balaban J connectivity index is 2.89. The van der Waals surface area contributed by atoms with Crippen molar-refractivity contribution in [1.82, 2.24) is 4.98 Å². The first-order valence-corrected chi connectivity index (χ1v) is 2.77. The van der Waals surface area contributed by atoms with E-state index in [2.05, 4.69) is 4.98 Å². The van der Waals surface area contributed by atoms with Crippen LogP contribution in [0.5, 0.6) is 0 Å². The summed E-state index contributed by atoms with van der Waals surface area (Å²) in [5, 5.41) is 17.1. The highest BCUT2D eigenvalue weighted by atomic mass is 16.4. The molecule has 52 valence electrons. The second-order valence-corrected chi connectivity index (χ2v) is 1.89. The third-order valence-corrected chi connectivity index (χ3v) is 1.07. The van der Waals surface area contributed by atoms with Gasteiger partial charge in [-0.05, 0) is 12.1 Å². The largest absolute Gasteiger partial charge is 0.508 e. The molecule has 1 heterocycles. The summed E-state index contributed by atoms with van der Waals surface area (Å²) < 4.78 is 0. The predicted octanol–water partition coefficient (Wildman–Crippen LogP) is -1.66. The second-order valence-electron chi connectivity index (χ2n) is 1.89. The molecule has 0 fully saturated rings. The molecule has 0 aromatic carbocycles. The van der Waals surface area contributed by atoms with E-state index in [1.54, 1.807) is 6.07 Å². The Morgan fingerprint density at radius 1 is 1.40 bits per heavy atom. The highest BCUT2D eigenvalue weighted by molar-refractivity contribution is 6.57. The van der Waals surface area contributed by atoms with Crippen LogP contribution in [0.3, 0.4) is 0 Å². The van der Waals surface area contributed by atoms with Crippen molar-refractivity contribution in [2.24, 2.45) is 0 Å². The van der Waals surface area contributed by atoms with Gasteiger partial charge < -0.3 is 15.8 Å². The summed E-state index contributed by atoms with van der Waals surface area (Å²) in [7, 11) is -1.51. The van der Waals surface area contributed by atoms with Crippen molar-refractivity contribution in [2.75, 3.05) is 5.73 Å². The number of nitrogen functional groups attached to an aromatic ring is 1. The van der Waals surface area contributed by atoms with E-state index in [4.69, 9.17) is 15.8 Å². The maximum absolute atomic E-state index is 8.57.